The van der Waals surface area contributed by atoms with Gasteiger partial charge >= 0.3 is 12.1 Å². The molecule has 0 spiro atoms. The molecule has 0 bridgehead atoms. The molecule has 3 amide bonds. The molecule has 0 radical (unpaired) electrons. The zero-order valence-electron chi connectivity index (χ0n) is 19.2. The minimum Gasteiger partial charge on any atom is -0.468 e. The molecule has 0 aliphatic carbocycles. The van der Waals surface area contributed by atoms with Crippen molar-refractivity contribution in [1.82, 2.24) is 15.5 Å². The number of carbonyl (C=O) groups excluding carboxylic acids is 4. The number of nitrogens with zero attached hydrogens (tertiary/aromatic N) is 1. The van der Waals surface area contributed by atoms with E-state index in [0.29, 0.717) is 5.56 Å². The third-order valence-electron chi connectivity index (χ3n) is 4.34. The van der Waals surface area contributed by atoms with Gasteiger partial charge in [0, 0.05) is 7.05 Å². The number of benzene rings is 1. The van der Waals surface area contributed by atoms with E-state index in [1.807, 2.05) is 0 Å². The Morgan fingerprint density at radius 3 is 2.13 bits per heavy atom. The first-order chi connectivity index (χ1) is 14.4. The van der Waals surface area contributed by atoms with Gasteiger partial charge < -0.3 is 25.0 Å². The maximum atomic E-state index is 13.3. The van der Waals surface area contributed by atoms with Gasteiger partial charge in [-0.15, -0.1) is 0 Å². The molecule has 2 N–H and O–H groups in total. The molecule has 0 saturated carbocycles. The van der Waals surface area contributed by atoms with Crippen LogP contribution in [-0.4, -0.2) is 61.1 Å². The number of methoxy groups -OCH3 is 1. The second-order valence-corrected chi connectivity index (χ2v) is 8.42. The Morgan fingerprint density at radius 1 is 1.06 bits per heavy atom. The Balaban J connectivity index is 3.13. The summed E-state index contributed by atoms with van der Waals surface area (Å²) >= 11 is 0. The summed E-state index contributed by atoms with van der Waals surface area (Å²) in [5.41, 5.74) is -0.165. The first-order valence-electron chi connectivity index (χ1n) is 10.0. The number of nitrogens with one attached hydrogen (secondary N) is 2. The van der Waals surface area contributed by atoms with Crippen molar-refractivity contribution < 1.29 is 28.7 Å². The van der Waals surface area contributed by atoms with E-state index in [-0.39, 0.29) is 12.5 Å². The predicted octanol–water partition coefficient (Wildman–Crippen LogP) is 2.02. The van der Waals surface area contributed by atoms with Crippen LogP contribution in [-0.2, 0) is 23.9 Å². The van der Waals surface area contributed by atoms with Crippen molar-refractivity contribution in [3.63, 3.8) is 0 Å². The summed E-state index contributed by atoms with van der Waals surface area (Å²) in [5, 5.41) is 5.09. The van der Waals surface area contributed by atoms with Crippen molar-refractivity contribution in [2.24, 2.45) is 5.92 Å². The lowest BCUT2D eigenvalue weighted by Crippen LogP contribution is -2.53. The monoisotopic (exact) mass is 435 g/mol. The number of alkyl carbamates (subject to hydrolysis) is 1. The zero-order valence-corrected chi connectivity index (χ0v) is 19.2. The molecule has 31 heavy (non-hydrogen) atoms. The quantitative estimate of drug-likeness (QED) is 0.604. The van der Waals surface area contributed by atoms with Crippen LogP contribution in [0.25, 0.3) is 0 Å². The molecule has 0 fully saturated rings. The Kier molecular flexibility index (Phi) is 9.48. The third kappa shape index (κ3) is 8.27. The van der Waals surface area contributed by atoms with Crippen molar-refractivity contribution in [2.75, 3.05) is 20.7 Å². The molecule has 0 aliphatic rings. The molecule has 0 saturated heterocycles. The second kappa shape index (κ2) is 11.3. The Morgan fingerprint density at radius 2 is 1.65 bits per heavy atom. The summed E-state index contributed by atoms with van der Waals surface area (Å²) in [4.78, 5) is 51.1. The number of esters is 1. The highest BCUT2D eigenvalue weighted by atomic mass is 16.6. The molecule has 2 unspecified atom stereocenters. The molecular weight excluding hydrogens is 402 g/mol. The van der Waals surface area contributed by atoms with Crippen LogP contribution in [0.5, 0.6) is 0 Å². The smallest absolute Gasteiger partial charge is 0.408 e. The topological polar surface area (TPSA) is 114 Å². The van der Waals surface area contributed by atoms with Crippen LogP contribution in [0.4, 0.5) is 4.79 Å². The fourth-order valence-electron chi connectivity index (χ4n) is 2.81. The standard InChI is InChI=1S/C22H33N3O6/c1-14(2)17(24-21(29)31-22(3,4)5)20(28)25(6)18(15-11-9-8-10-12-15)19(27)23-13-16(26)30-7/h8-12,14,17-18H,13H2,1-7H3,(H,23,27)(H,24,29). The van der Waals surface area contributed by atoms with Gasteiger partial charge in [0.1, 0.15) is 24.2 Å². The second-order valence-electron chi connectivity index (χ2n) is 8.42. The molecule has 1 rings (SSSR count). The van der Waals surface area contributed by atoms with Crippen molar-refractivity contribution in [3.05, 3.63) is 35.9 Å². The lowest BCUT2D eigenvalue weighted by molar-refractivity contribution is -0.144. The minimum absolute atomic E-state index is 0.267. The number of rotatable bonds is 8. The van der Waals surface area contributed by atoms with Gasteiger partial charge in [-0.2, -0.15) is 0 Å². The predicted molar refractivity (Wildman–Crippen MR) is 115 cm³/mol. The van der Waals surface area contributed by atoms with Crippen molar-refractivity contribution >= 4 is 23.9 Å². The number of amides is 3. The van der Waals surface area contributed by atoms with E-state index in [1.54, 1.807) is 65.0 Å². The van der Waals surface area contributed by atoms with E-state index >= 15 is 0 Å². The molecule has 9 heteroatoms. The van der Waals surface area contributed by atoms with Gasteiger partial charge in [-0.05, 0) is 32.3 Å². The van der Waals surface area contributed by atoms with Crippen LogP contribution in [0.15, 0.2) is 30.3 Å². The van der Waals surface area contributed by atoms with Crippen molar-refractivity contribution in [1.29, 1.82) is 0 Å². The lowest BCUT2D eigenvalue weighted by Gasteiger charge is -2.32. The van der Waals surface area contributed by atoms with Crippen molar-refractivity contribution in [2.45, 2.75) is 52.3 Å². The Bertz CT molecular complexity index is 773. The van der Waals surface area contributed by atoms with E-state index < -0.39 is 41.6 Å². The fourth-order valence-corrected chi connectivity index (χ4v) is 2.81. The molecule has 172 valence electrons. The molecule has 1 aromatic rings. The maximum Gasteiger partial charge on any atom is 0.408 e. The summed E-state index contributed by atoms with van der Waals surface area (Å²) in [6.45, 7) is 8.40. The molecule has 9 nitrogen and oxygen atoms in total. The van der Waals surface area contributed by atoms with Crippen LogP contribution in [0, 0.1) is 5.92 Å². The van der Waals surface area contributed by atoms with E-state index in [4.69, 9.17) is 4.74 Å². The highest BCUT2D eigenvalue weighted by Gasteiger charge is 2.35. The first kappa shape index (κ1) is 25.9. The number of ether oxygens (including phenoxy) is 2. The van der Waals surface area contributed by atoms with Gasteiger partial charge in [-0.25, -0.2) is 4.79 Å². The largest absolute Gasteiger partial charge is 0.468 e. The molecule has 0 aromatic heterocycles. The van der Waals surface area contributed by atoms with Crippen LogP contribution in [0.1, 0.15) is 46.2 Å². The number of hydrogen-bond acceptors (Lipinski definition) is 6. The van der Waals surface area contributed by atoms with Crippen LogP contribution >= 0.6 is 0 Å². The van der Waals surface area contributed by atoms with Gasteiger partial charge in [-0.3, -0.25) is 14.4 Å². The molecule has 2 atom stereocenters. The lowest BCUT2D eigenvalue weighted by atomic mass is 9.99. The van der Waals surface area contributed by atoms with Gasteiger partial charge in [0.15, 0.2) is 0 Å². The number of likely N-dealkylation sites (N-methyl/N-ethyl adjacent to an activating group) is 1. The van der Waals surface area contributed by atoms with Crippen LogP contribution < -0.4 is 10.6 Å². The number of carbonyl (C=O) groups is 4. The van der Waals surface area contributed by atoms with Crippen molar-refractivity contribution in [3.8, 4) is 0 Å². The van der Waals surface area contributed by atoms with E-state index in [0.717, 1.165) is 0 Å². The maximum absolute atomic E-state index is 13.3. The van der Waals surface area contributed by atoms with E-state index in [1.165, 1.54) is 19.1 Å². The normalized spacial score (nSPS) is 13.0. The molecule has 1 aromatic carbocycles. The van der Waals surface area contributed by atoms with Crippen LogP contribution in [0.3, 0.4) is 0 Å². The highest BCUT2D eigenvalue weighted by molar-refractivity contribution is 5.93. The highest BCUT2D eigenvalue weighted by Crippen LogP contribution is 2.22. The summed E-state index contributed by atoms with van der Waals surface area (Å²) in [7, 11) is 2.69. The zero-order chi connectivity index (χ0) is 23.8. The fraction of sp³-hybridized carbons (Fsp3) is 0.545. The van der Waals surface area contributed by atoms with Gasteiger partial charge in [0.25, 0.3) is 0 Å². The SMILES string of the molecule is COC(=O)CNC(=O)C(c1ccccc1)N(C)C(=O)C(NC(=O)OC(C)(C)C)C(C)C. The molecular formula is C22H33N3O6. The van der Waals surface area contributed by atoms with Gasteiger partial charge in [0.2, 0.25) is 11.8 Å². The summed E-state index contributed by atoms with van der Waals surface area (Å²) in [6, 6.07) is 6.76. The summed E-state index contributed by atoms with van der Waals surface area (Å²) < 4.78 is 9.82. The average Bonchev–Trinajstić information content (AvgIpc) is 2.69. The van der Waals surface area contributed by atoms with Crippen LogP contribution in [0.2, 0.25) is 0 Å². The first-order valence-corrected chi connectivity index (χ1v) is 10.0. The average molecular weight is 436 g/mol. The van der Waals surface area contributed by atoms with E-state index in [2.05, 4.69) is 15.4 Å². The molecule has 0 heterocycles. The third-order valence-corrected chi connectivity index (χ3v) is 4.34. The Labute approximate surface area is 183 Å². The minimum atomic E-state index is -1.01. The summed E-state index contributed by atoms with van der Waals surface area (Å²) in [5.74, 6) is -1.90. The van der Waals surface area contributed by atoms with Gasteiger partial charge in [0.05, 0.1) is 7.11 Å². The number of hydrogen-bond donors (Lipinski definition) is 2. The Hall–Kier alpha value is -3.10. The van der Waals surface area contributed by atoms with Gasteiger partial charge in [-0.1, -0.05) is 44.2 Å². The molecule has 0 aliphatic heterocycles. The summed E-state index contributed by atoms with van der Waals surface area (Å²) in [6.07, 6.45) is -0.723. The van der Waals surface area contributed by atoms with E-state index in [9.17, 15) is 19.2 Å².